The molecule has 1 saturated heterocycles. The molecule has 1 aliphatic heterocycles. The van der Waals surface area contributed by atoms with Crippen molar-refractivity contribution in [1.29, 1.82) is 0 Å². The second-order valence-electron chi connectivity index (χ2n) is 21.3. The van der Waals surface area contributed by atoms with Crippen LogP contribution in [0.2, 0.25) is 0 Å². The molecule has 0 aromatic rings. The fourth-order valence-electron chi connectivity index (χ4n) is 8.26. The molecule has 0 aromatic heterocycles. The van der Waals surface area contributed by atoms with E-state index in [0.29, 0.717) is 6.42 Å². The van der Waals surface area contributed by atoms with E-state index in [1.807, 2.05) is 6.92 Å². The lowest BCUT2D eigenvalue weighted by atomic mass is 10.00. The van der Waals surface area contributed by atoms with Crippen molar-refractivity contribution in [2.24, 2.45) is 0 Å². The van der Waals surface area contributed by atoms with Gasteiger partial charge in [-0.25, -0.2) is 9.13 Å². The average Bonchev–Trinajstić information content (AvgIpc) is 3.31. The van der Waals surface area contributed by atoms with Gasteiger partial charge in [0.25, 0.3) is 0 Å². The highest BCUT2D eigenvalue weighted by atomic mass is 31.3. The van der Waals surface area contributed by atoms with Crippen LogP contribution in [0.25, 0.3) is 0 Å². The summed E-state index contributed by atoms with van der Waals surface area (Å²) < 4.78 is 43.3. The molecule has 7 unspecified atom stereocenters. The topological polar surface area (TPSA) is 192 Å². The molecule has 1 fully saturated rings. The molecule has 1 aliphatic rings. The molecule has 0 spiro atoms. The monoisotopic (exact) mass is 1090 g/mol. The van der Waals surface area contributed by atoms with Crippen molar-refractivity contribution in [3.63, 3.8) is 0 Å². The molecule has 0 radical (unpaired) electrons. The SMILES string of the molecule is CC(C)=CCCC(C)=CCCC(C)=CCCC(C)=CCCC(C)=CCCC(C)=CCCC(C)=CCCC(C)=CCCC(C)=CCCC(C)=CCCC(C)=CCOP(=O)(O)OP(=O)(O)OC1OC(CO)C(O)C(O)C1O. The van der Waals surface area contributed by atoms with Crippen LogP contribution in [0.15, 0.2) is 128 Å². The van der Waals surface area contributed by atoms with E-state index < -0.39 is 59.6 Å². The molecule has 1 rings (SSSR count). The Bertz CT molecular complexity index is 2130. The van der Waals surface area contributed by atoms with Crippen molar-refractivity contribution in [2.45, 2.75) is 242 Å². The minimum Gasteiger partial charge on any atom is -0.394 e. The van der Waals surface area contributed by atoms with Gasteiger partial charge in [0.2, 0.25) is 0 Å². The van der Waals surface area contributed by atoms with Gasteiger partial charge < -0.3 is 34.9 Å². The van der Waals surface area contributed by atoms with E-state index >= 15 is 0 Å². The number of rotatable bonds is 38. The van der Waals surface area contributed by atoms with Crippen LogP contribution in [0.1, 0.15) is 212 Å². The summed E-state index contributed by atoms with van der Waals surface area (Å²) in [5, 5.41) is 39.0. The van der Waals surface area contributed by atoms with Crippen LogP contribution in [0.3, 0.4) is 0 Å². The van der Waals surface area contributed by atoms with Gasteiger partial charge in [0.1, 0.15) is 24.4 Å². The predicted molar refractivity (Wildman–Crippen MR) is 311 cm³/mol. The Labute approximate surface area is 454 Å². The number of hydrogen-bond acceptors (Lipinski definition) is 10. The lowest BCUT2D eigenvalue weighted by Crippen LogP contribution is -2.58. The Morgan fingerprint density at radius 1 is 0.400 bits per heavy atom. The van der Waals surface area contributed by atoms with Crippen molar-refractivity contribution in [1.82, 2.24) is 0 Å². The van der Waals surface area contributed by atoms with E-state index in [2.05, 4.69) is 146 Å². The highest BCUT2D eigenvalue weighted by molar-refractivity contribution is 7.61. The number of phosphoric ester groups is 2. The smallest absolute Gasteiger partial charge is 0.394 e. The van der Waals surface area contributed by atoms with Crippen molar-refractivity contribution < 1.29 is 57.4 Å². The normalized spacial score (nSPS) is 22.1. The predicted octanol–water partition coefficient (Wildman–Crippen LogP) is 16.3. The van der Waals surface area contributed by atoms with Gasteiger partial charge in [0.05, 0.1) is 13.2 Å². The van der Waals surface area contributed by atoms with Gasteiger partial charge in [0, 0.05) is 0 Å². The maximum absolute atomic E-state index is 12.4. The summed E-state index contributed by atoms with van der Waals surface area (Å²) in [5.41, 5.74) is 15.3. The molecular formula is C61H102O12P2. The summed E-state index contributed by atoms with van der Waals surface area (Å²) in [5.74, 6) is 0. The van der Waals surface area contributed by atoms with Gasteiger partial charge in [-0.05, 0) is 212 Å². The lowest BCUT2D eigenvalue weighted by molar-refractivity contribution is -0.280. The summed E-state index contributed by atoms with van der Waals surface area (Å²) in [6.07, 6.45) is 37.4. The van der Waals surface area contributed by atoms with Crippen molar-refractivity contribution in [3.8, 4) is 0 Å². The first-order chi connectivity index (χ1) is 35.3. The highest BCUT2D eigenvalue weighted by Crippen LogP contribution is 2.61. The fourth-order valence-corrected chi connectivity index (χ4v) is 10.3. The van der Waals surface area contributed by atoms with Gasteiger partial charge in [-0.2, -0.15) is 4.31 Å². The number of aliphatic hydroxyl groups is 4. The first-order valence-electron chi connectivity index (χ1n) is 27.5. The fraction of sp³-hybridized carbons (Fsp3) is 0.639. The Kier molecular flexibility index (Phi) is 37.0. The first kappa shape index (κ1) is 70.2. The molecule has 14 heteroatoms. The Morgan fingerprint density at radius 2 is 0.667 bits per heavy atom. The standard InChI is InChI=1S/C61H102O12P2/c1-46(2)23-13-24-47(3)25-14-26-48(4)27-15-28-49(5)29-16-30-50(6)31-17-32-51(7)33-18-34-52(8)35-19-36-53(9)37-20-38-54(10)39-21-40-55(11)41-22-42-56(12)43-44-70-74(66,67)73-75(68,69)72-61-60(65)59(64)58(63)57(45-62)71-61/h23,25,27,29,31,33,35,37,39,41,43,57-65H,13-22,24,26,28,30,32,34,36,38,40,42,44-45H2,1-12H3,(H,66,67)(H,68,69). The van der Waals surface area contributed by atoms with Crippen LogP contribution < -0.4 is 0 Å². The molecule has 12 nitrogen and oxygen atoms in total. The third-order valence-electron chi connectivity index (χ3n) is 13.3. The van der Waals surface area contributed by atoms with E-state index in [4.69, 9.17) is 9.26 Å². The molecule has 0 aliphatic carbocycles. The van der Waals surface area contributed by atoms with Crippen LogP contribution in [0, 0.1) is 0 Å². The minimum atomic E-state index is -5.38. The van der Waals surface area contributed by atoms with Gasteiger partial charge >= 0.3 is 15.6 Å². The maximum Gasteiger partial charge on any atom is 0.483 e. The van der Waals surface area contributed by atoms with E-state index in [0.717, 1.165) is 121 Å². The van der Waals surface area contributed by atoms with Crippen LogP contribution in [0.5, 0.6) is 0 Å². The molecule has 7 atom stereocenters. The first-order valence-corrected chi connectivity index (χ1v) is 30.5. The third-order valence-corrected chi connectivity index (χ3v) is 15.9. The molecule has 0 aromatic carbocycles. The van der Waals surface area contributed by atoms with E-state index in [-0.39, 0.29) is 0 Å². The van der Waals surface area contributed by atoms with Crippen LogP contribution in [-0.2, 0) is 27.2 Å². The van der Waals surface area contributed by atoms with Crippen molar-refractivity contribution >= 4 is 15.6 Å². The van der Waals surface area contributed by atoms with Crippen LogP contribution in [0.4, 0.5) is 0 Å². The molecule has 428 valence electrons. The zero-order chi connectivity index (χ0) is 56.4. The number of allylic oxidation sites excluding steroid dienone is 21. The van der Waals surface area contributed by atoms with Crippen molar-refractivity contribution in [2.75, 3.05) is 13.2 Å². The maximum atomic E-state index is 12.4. The lowest BCUT2D eigenvalue weighted by Gasteiger charge is -2.39. The van der Waals surface area contributed by atoms with Gasteiger partial charge in [-0.15, -0.1) is 0 Å². The number of ether oxygens (including phenoxy) is 1. The van der Waals surface area contributed by atoms with Gasteiger partial charge in [-0.3, -0.25) is 9.05 Å². The van der Waals surface area contributed by atoms with Gasteiger partial charge in [-0.1, -0.05) is 128 Å². The summed E-state index contributed by atoms with van der Waals surface area (Å²) in [7, 11) is -10.5. The molecule has 0 saturated carbocycles. The third kappa shape index (κ3) is 36.1. The largest absolute Gasteiger partial charge is 0.483 e. The Morgan fingerprint density at radius 3 is 0.933 bits per heavy atom. The van der Waals surface area contributed by atoms with E-state index in [9.17, 15) is 39.3 Å². The second-order valence-corrected chi connectivity index (χ2v) is 24.3. The Hall–Kier alpha value is -2.80. The second kappa shape index (κ2) is 39.5. The Balaban J connectivity index is 2.29. The summed E-state index contributed by atoms with van der Waals surface area (Å²) in [6, 6.07) is 0. The quantitative estimate of drug-likeness (QED) is 0.0254. The zero-order valence-electron chi connectivity index (χ0n) is 48.3. The number of phosphoric acid groups is 2. The minimum absolute atomic E-state index is 0.399. The van der Waals surface area contributed by atoms with Crippen molar-refractivity contribution in [3.05, 3.63) is 128 Å². The summed E-state index contributed by atoms with van der Waals surface area (Å²) in [4.78, 5) is 19.9. The highest BCUT2D eigenvalue weighted by Gasteiger charge is 2.48. The molecule has 75 heavy (non-hydrogen) atoms. The molecule has 0 bridgehead atoms. The van der Waals surface area contributed by atoms with E-state index in [1.165, 1.54) is 62.2 Å². The molecule has 1 heterocycles. The molecule has 6 N–H and O–H groups in total. The number of aliphatic hydroxyl groups excluding tert-OH is 4. The van der Waals surface area contributed by atoms with Crippen LogP contribution >= 0.6 is 15.6 Å². The molecular weight excluding hydrogens is 987 g/mol. The molecule has 0 amide bonds. The zero-order valence-corrected chi connectivity index (χ0v) is 50.1. The average molecular weight is 1090 g/mol. The van der Waals surface area contributed by atoms with E-state index in [1.54, 1.807) is 6.08 Å². The number of hydrogen-bond donors (Lipinski definition) is 6. The van der Waals surface area contributed by atoms with Crippen LogP contribution in [-0.4, -0.2) is 74.1 Å². The summed E-state index contributed by atoms with van der Waals surface area (Å²) >= 11 is 0. The summed E-state index contributed by atoms with van der Waals surface area (Å²) in [6.45, 7) is 25.1. The van der Waals surface area contributed by atoms with Gasteiger partial charge in [0.15, 0.2) is 6.29 Å².